The first-order valence-corrected chi connectivity index (χ1v) is 8.40. The third-order valence-electron chi connectivity index (χ3n) is 4.76. The normalized spacial score (nSPS) is 21.7. The molecule has 128 valence electrons. The van der Waals surface area contributed by atoms with Crippen molar-refractivity contribution in [2.75, 3.05) is 19.7 Å². The topological polar surface area (TPSA) is 43.2 Å². The zero-order valence-electron chi connectivity index (χ0n) is 13.4. The highest BCUT2D eigenvalue weighted by Crippen LogP contribution is 2.28. The van der Waals surface area contributed by atoms with Crippen molar-refractivity contribution in [1.29, 1.82) is 0 Å². The molecule has 24 heavy (non-hydrogen) atoms. The molecule has 1 atom stereocenters. The molecule has 7 heteroatoms. The fraction of sp³-hybridized carbons (Fsp3) is 0.529. The van der Waals surface area contributed by atoms with E-state index in [0.717, 1.165) is 62.7 Å². The van der Waals surface area contributed by atoms with Crippen molar-refractivity contribution in [2.24, 2.45) is 0 Å². The second-order valence-electron chi connectivity index (χ2n) is 6.40. The van der Waals surface area contributed by atoms with E-state index in [0.29, 0.717) is 6.54 Å². The minimum Gasteiger partial charge on any atom is -0.370 e. The Balaban J connectivity index is 1.45. The lowest BCUT2D eigenvalue weighted by Gasteiger charge is -2.20. The van der Waals surface area contributed by atoms with E-state index in [1.54, 1.807) is 6.07 Å². The van der Waals surface area contributed by atoms with Crippen molar-refractivity contribution in [2.45, 2.75) is 38.5 Å². The minimum absolute atomic E-state index is 0.0593. The summed E-state index contributed by atoms with van der Waals surface area (Å²) in [7, 11) is 0. The summed E-state index contributed by atoms with van der Waals surface area (Å²) in [6.07, 6.45) is 2.92. The van der Waals surface area contributed by atoms with Gasteiger partial charge in [-0.1, -0.05) is 6.07 Å². The standard InChI is InChI=1S/C17H20F2N4O/c18-13-4-3-12(10-14(13)19)11-22-6-5-16-20-21-17(23(16)8-7-22)15-2-1-9-24-15/h3-4,10,15H,1-2,5-9,11H2/t15-/m1/s1. The summed E-state index contributed by atoms with van der Waals surface area (Å²) in [5.41, 5.74) is 0.783. The van der Waals surface area contributed by atoms with Crippen molar-refractivity contribution in [3.8, 4) is 0 Å². The van der Waals surface area contributed by atoms with E-state index >= 15 is 0 Å². The Morgan fingerprint density at radius 3 is 2.83 bits per heavy atom. The molecule has 1 saturated heterocycles. The van der Waals surface area contributed by atoms with E-state index in [1.165, 1.54) is 12.1 Å². The fourth-order valence-corrected chi connectivity index (χ4v) is 3.46. The molecule has 4 rings (SSSR count). The van der Waals surface area contributed by atoms with Crippen LogP contribution in [0.2, 0.25) is 0 Å². The maximum Gasteiger partial charge on any atom is 0.162 e. The summed E-state index contributed by atoms with van der Waals surface area (Å²) in [4.78, 5) is 2.24. The summed E-state index contributed by atoms with van der Waals surface area (Å²) < 4.78 is 34.3. The smallest absolute Gasteiger partial charge is 0.162 e. The van der Waals surface area contributed by atoms with Crippen LogP contribution in [-0.4, -0.2) is 39.4 Å². The van der Waals surface area contributed by atoms with Crippen LogP contribution in [0.5, 0.6) is 0 Å². The molecule has 0 N–H and O–H groups in total. The quantitative estimate of drug-likeness (QED) is 0.865. The Bertz CT molecular complexity index is 727. The SMILES string of the molecule is Fc1ccc(CN2CCc3nnc([C@H]4CCCO4)n3CC2)cc1F. The van der Waals surface area contributed by atoms with Gasteiger partial charge in [0.15, 0.2) is 17.5 Å². The van der Waals surface area contributed by atoms with Crippen LogP contribution in [-0.2, 0) is 24.2 Å². The number of benzene rings is 1. The number of rotatable bonds is 3. The molecular weight excluding hydrogens is 314 g/mol. The highest BCUT2D eigenvalue weighted by molar-refractivity contribution is 5.17. The molecule has 0 unspecified atom stereocenters. The largest absolute Gasteiger partial charge is 0.370 e. The van der Waals surface area contributed by atoms with Gasteiger partial charge in [-0.2, -0.15) is 0 Å². The second kappa shape index (κ2) is 6.57. The number of nitrogens with zero attached hydrogens (tertiary/aromatic N) is 4. The monoisotopic (exact) mass is 334 g/mol. The van der Waals surface area contributed by atoms with E-state index in [1.807, 2.05) is 0 Å². The Kier molecular flexibility index (Phi) is 4.28. The lowest BCUT2D eigenvalue weighted by Crippen LogP contribution is -2.27. The molecule has 1 aromatic carbocycles. The maximum absolute atomic E-state index is 13.4. The highest BCUT2D eigenvalue weighted by Gasteiger charge is 2.27. The molecule has 1 aromatic heterocycles. The summed E-state index contributed by atoms with van der Waals surface area (Å²) >= 11 is 0. The van der Waals surface area contributed by atoms with Gasteiger partial charge in [-0.15, -0.1) is 10.2 Å². The number of fused-ring (bicyclic) bond motifs is 1. The molecule has 0 amide bonds. The Morgan fingerprint density at radius 2 is 2.04 bits per heavy atom. The molecule has 1 fully saturated rings. The lowest BCUT2D eigenvalue weighted by molar-refractivity contribution is 0.101. The summed E-state index contributed by atoms with van der Waals surface area (Å²) in [5, 5.41) is 8.66. The summed E-state index contributed by atoms with van der Waals surface area (Å²) in [6, 6.07) is 4.10. The van der Waals surface area contributed by atoms with Crippen LogP contribution in [0, 0.1) is 11.6 Å². The van der Waals surface area contributed by atoms with E-state index in [2.05, 4.69) is 19.7 Å². The number of ether oxygens (including phenoxy) is 1. The van der Waals surface area contributed by atoms with Gasteiger partial charge in [0.25, 0.3) is 0 Å². The number of halogens is 2. The highest BCUT2D eigenvalue weighted by atomic mass is 19.2. The van der Waals surface area contributed by atoms with Crippen LogP contribution < -0.4 is 0 Å². The number of hydrogen-bond donors (Lipinski definition) is 0. The fourth-order valence-electron chi connectivity index (χ4n) is 3.46. The van der Waals surface area contributed by atoms with Crippen molar-refractivity contribution in [1.82, 2.24) is 19.7 Å². The molecular formula is C17H20F2N4O. The number of hydrogen-bond acceptors (Lipinski definition) is 4. The van der Waals surface area contributed by atoms with E-state index in [4.69, 9.17) is 4.74 Å². The van der Waals surface area contributed by atoms with Gasteiger partial charge in [-0.3, -0.25) is 4.90 Å². The molecule has 0 aliphatic carbocycles. The first-order valence-electron chi connectivity index (χ1n) is 8.40. The van der Waals surface area contributed by atoms with Gasteiger partial charge in [0, 0.05) is 39.2 Å². The van der Waals surface area contributed by atoms with E-state index in [9.17, 15) is 8.78 Å². The molecule has 2 aliphatic rings. The Hall–Kier alpha value is -1.86. The average molecular weight is 334 g/mol. The molecule has 0 saturated carbocycles. The Labute approximate surface area is 139 Å². The van der Waals surface area contributed by atoms with E-state index < -0.39 is 11.6 Å². The third-order valence-corrected chi connectivity index (χ3v) is 4.76. The lowest BCUT2D eigenvalue weighted by atomic mass is 10.2. The number of aromatic nitrogens is 3. The summed E-state index contributed by atoms with van der Waals surface area (Å²) in [5.74, 6) is 0.313. The van der Waals surface area contributed by atoms with Crippen molar-refractivity contribution < 1.29 is 13.5 Å². The maximum atomic E-state index is 13.4. The van der Waals surface area contributed by atoms with Crippen molar-refractivity contribution in [3.05, 3.63) is 47.0 Å². The Morgan fingerprint density at radius 1 is 1.12 bits per heavy atom. The van der Waals surface area contributed by atoms with Crippen LogP contribution in [0.3, 0.4) is 0 Å². The van der Waals surface area contributed by atoms with Gasteiger partial charge in [0.1, 0.15) is 11.9 Å². The molecule has 2 aliphatic heterocycles. The van der Waals surface area contributed by atoms with Gasteiger partial charge in [0.2, 0.25) is 0 Å². The zero-order chi connectivity index (χ0) is 16.5. The predicted molar refractivity (Wildman–Crippen MR) is 83.3 cm³/mol. The minimum atomic E-state index is -0.804. The van der Waals surface area contributed by atoms with E-state index in [-0.39, 0.29) is 6.10 Å². The van der Waals surface area contributed by atoms with Crippen molar-refractivity contribution >= 4 is 0 Å². The molecule has 5 nitrogen and oxygen atoms in total. The van der Waals surface area contributed by atoms with Gasteiger partial charge in [-0.05, 0) is 30.5 Å². The molecule has 0 spiro atoms. The van der Waals surface area contributed by atoms with Crippen LogP contribution >= 0.6 is 0 Å². The van der Waals surface area contributed by atoms with Crippen LogP contribution in [0.4, 0.5) is 8.78 Å². The molecule has 3 heterocycles. The summed E-state index contributed by atoms with van der Waals surface area (Å²) in [6.45, 7) is 3.83. The van der Waals surface area contributed by atoms with Crippen molar-refractivity contribution in [3.63, 3.8) is 0 Å². The first kappa shape index (κ1) is 15.7. The van der Waals surface area contributed by atoms with Crippen LogP contribution in [0.25, 0.3) is 0 Å². The van der Waals surface area contributed by atoms with Gasteiger partial charge < -0.3 is 9.30 Å². The zero-order valence-corrected chi connectivity index (χ0v) is 13.4. The van der Waals surface area contributed by atoms with Gasteiger partial charge in [-0.25, -0.2) is 8.78 Å². The van der Waals surface area contributed by atoms with Crippen LogP contribution in [0.15, 0.2) is 18.2 Å². The molecule has 0 radical (unpaired) electrons. The average Bonchev–Trinajstić information content (AvgIpc) is 3.19. The second-order valence-corrected chi connectivity index (χ2v) is 6.40. The predicted octanol–water partition coefficient (Wildman–Crippen LogP) is 2.47. The first-order chi connectivity index (χ1) is 11.7. The molecule has 0 bridgehead atoms. The third kappa shape index (κ3) is 3.06. The van der Waals surface area contributed by atoms with Crippen LogP contribution in [0.1, 0.15) is 36.2 Å². The molecule has 2 aromatic rings. The van der Waals surface area contributed by atoms with Gasteiger partial charge in [0.05, 0.1) is 0 Å². The van der Waals surface area contributed by atoms with Gasteiger partial charge >= 0.3 is 0 Å².